The van der Waals surface area contributed by atoms with E-state index in [-0.39, 0.29) is 5.56 Å². The van der Waals surface area contributed by atoms with Gasteiger partial charge in [0.05, 0.1) is 5.56 Å². The third-order valence-electron chi connectivity index (χ3n) is 2.65. The minimum atomic E-state index is -4.34. The van der Waals surface area contributed by atoms with Gasteiger partial charge in [-0.1, -0.05) is 30.3 Å². The monoisotopic (exact) mass is 240 g/mol. The summed E-state index contributed by atoms with van der Waals surface area (Å²) in [7, 11) is 0. The van der Waals surface area contributed by atoms with E-state index in [0.717, 1.165) is 11.8 Å². The van der Waals surface area contributed by atoms with Crippen LogP contribution in [0, 0.1) is 6.92 Å². The second-order valence-corrected chi connectivity index (χ2v) is 3.86. The van der Waals surface area contributed by atoms with Crippen LogP contribution in [-0.4, -0.2) is 0 Å². The van der Waals surface area contributed by atoms with Gasteiger partial charge in [0.25, 0.3) is 0 Å². The first kappa shape index (κ1) is 11.8. The summed E-state index contributed by atoms with van der Waals surface area (Å²) < 4.78 is 42.6. The molecule has 1 heterocycles. The third-order valence-corrected chi connectivity index (χ3v) is 2.65. The molecular weight excluding hydrogens is 229 g/mol. The summed E-state index contributed by atoms with van der Waals surface area (Å²) in [5.74, 6) is 0.364. The number of furan rings is 1. The molecule has 0 fully saturated rings. The van der Waals surface area contributed by atoms with Gasteiger partial charge in [-0.3, -0.25) is 0 Å². The molecule has 0 bridgehead atoms. The van der Waals surface area contributed by atoms with Gasteiger partial charge in [-0.2, -0.15) is 13.2 Å². The van der Waals surface area contributed by atoms with Crippen molar-refractivity contribution in [3.8, 4) is 0 Å². The minimum Gasteiger partial charge on any atom is -0.468 e. The zero-order valence-corrected chi connectivity index (χ0v) is 9.21. The molecule has 0 unspecified atom stereocenters. The first-order valence-corrected chi connectivity index (χ1v) is 5.16. The van der Waals surface area contributed by atoms with Gasteiger partial charge in [-0.05, 0) is 12.5 Å². The highest BCUT2D eigenvalue weighted by molar-refractivity contribution is 5.32. The Labute approximate surface area is 96.9 Å². The van der Waals surface area contributed by atoms with Crippen LogP contribution in [0.2, 0.25) is 0 Å². The summed E-state index contributed by atoms with van der Waals surface area (Å²) in [6.45, 7) is 1.44. The van der Waals surface area contributed by atoms with Crippen LogP contribution < -0.4 is 0 Å². The summed E-state index contributed by atoms with van der Waals surface area (Å²) in [4.78, 5) is 0. The van der Waals surface area contributed by atoms with Crippen molar-refractivity contribution in [1.29, 1.82) is 0 Å². The van der Waals surface area contributed by atoms with Gasteiger partial charge in [0, 0.05) is 12.0 Å². The quantitative estimate of drug-likeness (QED) is 0.766. The average Bonchev–Trinajstić information content (AvgIpc) is 2.61. The zero-order valence-electron chi connectivity index (χ0n) is 9.21. The normalized spacial score (nSPS) is 11.8. The van der Waals surface area contributed by atoms with E-state index in [1.165, 1.54) is 6.92 Å². The molecule has 1 aromatic carbocycles. The van der Waals surface area contributed by atoms with Crippen LogP contribution in [0.3, 0.4) is 0 Å². The molecule has 1 aromatic heterocycles. The predicted octanol–water partition coefficient (Wildman–Crippen LogP) is 4.20. The summed E-state index contributed by atoms with van der Waals surface area (Å²) in [5.41, 5.74) is 0.406. The van der Waals surface area contributed by atoms with Crippen molar-refractivity contribution in [3.05, 3.63) is 59.0 Å². The van der Waals surface area contributed by atoms with E-state index >= 15 is 0 Å². The average molecular weight is 240 g/mol. The Bertz CT molecular complexity index is 497. The lowest BCUT2D eigenvalue weighted by Gasteiger charge is -2.04. The SMILES string of the molecule is Cc1c(C(F)(F)F)coc1Cc1ccccc1. The largest absolute Gasteiger partial charge is 0.468 e. The second kappa shape index (κ2) is 4.28. The molecule has 0 atom stereocenters. The molecule has 2 rings (SSSR count). The van der Waals surface area contributed by atoms with E-state index in [1.54, 1.807) is 0 Å². The van der Waals surface area contributed by atoms with Gasteiger partial charge in [0.1, 0.15) is 12.0 Å². The maximum atomic E-state index is 12.5. The van der Waals surface area contributed by atoms with Crippen molar-refractivity contribution >= 4 is 0 Å². The Morgan fingerprint density at radius 3 is 2.29 bits per heavy atom. The number of alkyl halides is 3. The number of halogens is 3. The third kappa shape index (κ3) is 2.52. The van der Waals surface area contributed by atoms with Crippen LogP contribution in [-0.2, 0) is 12.6 Å². The zero-order chi connectivity index (χ0) is 12.5. The smallest absolute Gasteiger partial charge is 0.419 e. The molecule has 17 heavy (non-hydrogen) atoms. The van der Waals surface area contributed by atoms with Crippen molar-refractivity contribution in [3.63, 3.8) is 0 Å². The number of benzene rings is 1. The Balaban J connectivity index is 2.27. The first-order valence-electron chi connectivity index (χ1n) is 5.16. The molecule has 2 aromatic rings. The van der Waals surface area contributed by atoms with E-state index in [9.17, 15) is 13.2 Å². The molecule has 90 valence electrons. The number of hydrogen-bond donors (Lipinski definition) is 0. The lowest BCUT2D eigenvalue weighted by atomic mass is 10.1. The Kier molecular flexibility index (Phi) is 2.96. The van der Waals surface area contributed by atoms with Gasteiger partial charge >= 0.3 is 6.18 Å². The van der Waals surface area contributed by atoms with Gasteiger partial charge in [0.2, 0.25) is 0 Å². The summed E-state index contributed by atoms with van der Waals surface area (Å²) >= 11 is 0. The lowest BCUT2D eigenvalue weighted by molar-refractivity contribution is -0.138. The first-order chi connectivity index (χ1) is 7.98. The molecule has 0 aliphatic carbocycles. The van der Waals surface area contributed by atoms with Crippen molar-refractivity contribution < 1.29 is 17.6 Å². The summed E-state index contributed by atoms with van der Waals surface area (Å²) in [5, 5.41) is 0. The van der Waals surface area contributed by atoms with Crippen molar-refractivity contribution in [2.24, 2.45) is 0 Å². The Hall–Kier alpha value is -1.71. The van der Waals surface area contributed by atoms with E-state index in [4.69, 9.17) is 4.42 Å². The maximum absolute atomic E-state index is 12.5. The second-order valence-electron chi connectivity index (χ2n) is 3.86. The highest BCUT2D eigenvalue weighted by Gasteiger charge is 2.35. The molecule has 1 nitrogen and oxygen atoms in total. The highest BCUT2D eigenvalue weighted by Crippen LogP contribution is 2.34. The highest BCUT2D eigenvalue weighted by atomic mass is 19.4. The van der Waals surface area contributed by atoms with E-state index in [0.29, 0.717) is 12.2 Å². The lowest BCUT2D eigenvalue weighted by Crippen LogP contribution is -2.05. The van der Waals surface area contributed by atoms with Gasteiger partial charge in [-0.15, -0.1) is 0 Å². The molecule has 0 spiro atoms. The number of hydrogen-bond acceptors (Lipinski definition) is 1. The van der Waals surface area contributed by atoms with Crippen LogP contribution >= 0.6 is 0 Å². The van der Waals surface area contributed by atoms with Gasteiger partial charge in [-0.25, -0.2) is 0 Å². The molecule has 0 amide bonds. The fourth-order valence-corrected chi connectivity index (χ4v) is 1.69. The fourth-order valence-electron chi connectivity index (χ4n) is 1.69. The molecule has 0 saturated heterocycles. The molecule has 0 aliphatic heterocycles. The Morgan fingerprint density at radius 1 is 1.12 bits per heavy atom. The van der Waals surface area contributed by atoms with Crippen molar-refractivity contribution in [2.45, 2.75) is 19.5 Å². The summed E-state index contributed by atoms with van der Waals surface area (Å²) in [6.07, 6.45) is -3.18. The van der Waals surface area contributed by atoms with Crippen LogP contribution in [0.1, 0.15) is 22.5 Å². The molecule has 0 aliphatic rings. The molecule has 0 N–H and O–H groups in total. The van der Waals surface area contributed by atoms with Crippen LogP contribution in [0.15, 0.2) is 41.0 Å². The van der Waals surface area contributed by atoms with Crippen LogP contribution in [0.25, 0.3) is 0 Å². The molecule has 4 heteroatoms. The standard InChI is InChI=1S/C13H11F3O/c1-9-11(13(14,15)16)8-17-12(9)7-10-5-3-2-4-6-10/h2-6,8H,7H2,1H3. The maximum Gasteiger partial charge on any atom is 0.419 e. The predicted molar refractivity (Wildman–Crippen MR) is 57.7 cm³/mol. The fraction of sp³-hybridized carbons (Fsp3) is 0.231. The summed E-state index contributed by atoms with van der Waals surface area (Å²) in [6, 6.07) is 9.26. The van der Waals surface area contributed by atoms with Crippen molar-refractivity contribution in [1.82, 2.24) is 0 Å². The van der Waals surface area contributed by atoms with E-state index in [2.05, 4.69) is 0 Å². The van der Waals surface area contributed by atoms with Gasteiger partial charge in [0.15, 0.2) is 0 Å². The van der Waals surface area contributed by atoms with Crippen LogP contribution in [0.4, 0.5) is 13.2 Å². The van der Waals surface area contributed by atoms with Crippen LogP contribution in [0.5, 0.6) is 0 Å². The molecule has 0 radical (unpaired) electrons. The van der Waals surface area contributed by atoms with Gasteiger partial charge < -0.3 is 4.42 Å². The molecular formula is C13H11F3O. The minimum absolute atomic E-state index is 0.168. The molecule has 0 saturated carbocycles. The van der Waals surface area contributed by atoms with E-state index in [1.807, 2.05) is 30.3 Å². The van der Waals surface area contributed by atoms with E-state index < -0.39 is 11.7 Å². The number of rotatable bonds is 2. The van der Waals surface area contributed by atoms with Crippen molar-refractivity contribution in [2.75, 3.05) is 0 Å². The Morgan fingerprint density at radius 2 is 1.76 bits per heavy atom. The topological polar surface area (TPSA) is 13.1 Å².